The van der Waals surface area contributed by atoms with Gasteiger partial charge in [0.25, 0.3) is 0 Å². The van der Waals surface area contributed by atoms with Crippen LogP contribution in [0.15, 0.2) is 6.07 Å². The van der Waals surface area contributed by atoms with Crippen LogP contribution < -0.4 is 5.73 Å². The highest BCUT2D eigenvalue weighted by molar-refractivity contribution is 5.14. The van der Waals surface area contributed by atoms with E-state index >= 15 is 0 Å². The average Bonchev–Trinajstić information content (AvgIpc) is 2.43. The topological polar surface area (TPSA) is 43.8 Å². The molecule has 1 heterocycles. The summed E-state index contributed by atoms with van der Waals surface area (Å²) < 4.78 is 2.04. The predicted molar refractivity (Wildman–Crippen MR) is 56.9 cm³/mol. The first kappa shape index (κ1) is 9.71. The SMILES string of the molecule is CCn1nc(C)cc1C(N)C1CCC1. The van der Waals surface area contributed by atoms with Crippen molar-refractivity contribution in [1.82, 2.24) is 9.78 Å². The van der Waals surface area contributed by atoms with Crippen molar-refractivity contribution in [1.29, 1.82) is 0 Å². The van der Waals surface area contributed by atoms with Crippen LogP contribution in [0.3, 0.4) is 0 Å². The summed E-state index contributed by atoms with van der Waals surface area (Å²) in [5.74, 6) is 0.691. The lowest BCUT2D eigenvalue weighted by Gasteiger charge is -2.31. The van der Waals surface area contributed by atoms with Crippen molar-refractivity contribution in [2.24, 2.45) is 11.7 Å². The van der Waals surface area contributed by atoms with Crippen molar-refractivity contribution < 1.29 is 0 Å². The number of aromatic nitrogens is 2. The Hall–Kier alpha value is -0.830. The molecule has 0 radical (unpaired) electrons. The van der Waals surface area contributed by atoms with E-state index in [1.807, 2.05) is 11.6 Å². The quantitative estimate of drug-likeness (QED) is 0.798. The van der Waals surface area contributed by atoms with Crippen LogP contribution in [0.2, 0.25) is 0 Å². The molecule has 78 valence electrons. The number of nitrogens with zero attached hydrogens (tertiary/aromatic N) is 2. The van der Waals surface area contributed by atoms with Gasteiger partial charge in [0.2, 0.25) is 0 Å². The van der Waals surface area contributed by atoms with E-state index < -0.39 is 0 Å². The fraction of sp³-hybridized carbons (Fsp3) is 0.727. The lowest BCUT2D eigenvalue weighted by Crippen LogP contribution is -2.28. The molecule has 1 aliphatic rings. The molecule has 3 heteroatoms. The van der Waals surface area contributed by atoms with Crippen LogP contribution in [-0.2, 0) is 6.54 Å². The first-order valence-corrected chi connectivity index (χ1v) is 5.52. The maximum atomic E-state index is 6.23. The van der Waals surface area contributed by atoms with Gasteiger partial charge in [-0.1, -0.05) is 6.42 Å². The minimum atomic E-state index is 0.199. The van der Waals surface area contributed by atoms with Gasteiger partial charge in [0.1, 0.15) is 0 Å². The Balaban J connectivity index is 2.20. The van der Waals surface area contributed by atoms with Gasteiger partial charge in [0.05, 0.1) is 11.4 Å². The number of nitrogens with two attached hydrogens (primary N) is 1. The van der Waals surface area contributed by atoms with Gasteiger partial charge in [-0.15, -0.1) is 0 Å². The minimum absolute atomic E-state index is 0.199. The van der Waals surface area contributed by atoms with Gasteiger partial charge in [0.15, 0.2) is 0 Å². The second-order valence-electron chi connectivity index (χ2n) is 4.24. The maximum Gasteiger partial charge on any atom is 0.0597 e. The average molecular weight is 193 g/mol. The number of rotatable bonds is 3. The zero-order valence-corrected chi connectivity index (χ0v) is 9.03. The molecule has 1 fully saturated rings. The van der Waals surface area contributed by atoms with Crippen LogP contribution in [0, 0.1) is 12.8 Å². The molecule has 1 atom stereocenters. The van der Waals surface area contributed by atoms with Gasteiger partial charge in [-0.25, -0.2) is 0 Å². The fourth-order valence-corrected chi connectivity index (χ4v) is 2.13. The highest BCUT2D eigenvalue weighted by Crippen LogP contribution is 2.36. The fourth-order valence-electron chi connectivity index (χ4n) is 2.13. The van der Waals surface area contributed by atoms with Crippen LogP contribution >= 0.6 is 0 Å². The molecule has 14 heavy (non-hydrogen) atoms. The van der Waals surface area contributed by atoms with E-state index in [2.05, 4.69) is 18.1 Å². The van der Waals surface area contributed by atoms with E-state index in [0.29, 0.717) is 5.92 Å². The second-order valence-corrected chi connectivity index (χ2v) is 4.24. The zero-order chi connectivity index (χ0) is 10.1. The molecule has 1 aromatic rings. The Labute approximate surface area is 85.3 Å². The van der Waals surface area contributed by atoms with E-state index in [1.165, 1.54) is 25.0 Å². The van der Waals surface area contributed by atoms with E-state index in [9.17, 15) is 0 Å². The summed E-state index contributed by atoms with van der Waals surface area (Å²) in [4.78, 5) is 0. The van der Waals surface area contributed by atoms with Crippen molar-refractivity contribution >= 4 is 0 Å². The third-order valence-electron chi connectivity index (χ3n) is 3.23. The number of aryl methyl sites for hydroxylation is 2. The summed E-state index contributed by atoms with van der Waals surface area (Å²) in [5.41, 5.74) is 8.53. The Morgan fingerprint density at radius 3 is 2.86 bits per heavy atom. The van der Waals surface area contributed by atoms with Crippen molar-refractivity contribution in [2.45, 2.75) is 45.7 Å². The Morgan fingerprint density at radius 1 is 1.64 bits per heavy atom. The zero-order valence-electron chi connectivity index (χ0n) is 9.03. The Bertz CT molecular complexity index is 312. The molecule has 1 aromatic heterocycles. The molecular weight excluding hydrogens is 174 g/mol. The first-order chi connectivity index (χ1) is 6.72. The van der Waals surface area contributed by atoms with Crippen LogP contribution in [0.4, 0.5) is 0 Å². The predicted octanol–water partition coefficient (Wildman–Crippen LogP) is 2.01. The van der Waals surface area contributed by atoms with Crippen molar-refractivity contribution in [2.75, 3.05) is 0 Å². The molecule has 1 unspecified atom stereocenters. The summed E-state index contributed by atoms with van der Waals surface area (Å²) in [5, 5.41) is 4.43. The summed E-state index contributed by atoms with van der Waals surface area (Å²) >= 11 is 0. The van der Waals surface area contributed by atoms with Gasteiger partial charge in [0, 0.05) is 12.6 Å². The smallest absolute Gasteiger partial charge is 0.0597 e. The van der Waals surface area contributed by atoms with E-state index in [0.717, 1.165) is 12.2 Å². The molecule has 0 aromatic carbocycles. The van der Waals surface area contributed by atoms with Gasteiger partial charge < -0.3 is 5.73 Å². The summed E-state index contributed by atoms with van der Waals surface area (Å²) in [6.45, 7) is 5.07. The third-order valence-corrected chi connectivity index (χ3v) is 3.23. The van der Waals surface area contributed by atoms with E-state index in [4.69, 9.17) is 5.73 Å². The van der Waals surface area contributed by atoms with Crippen molar-refractivity contribution in [3.05, 3.63) is 17.5 Å². The lowest BCUT2D eigenvalue weighted by molar-refractivity contribution is 0.255. The Kier molecular flexibility index (Phi) is 2.59. The van der Waals surface area contributed by atoms with E-state index in [1.54, 1.807) is 0 Å². The van der Waals surface area contributed by atoms with Crippen LogP contribution in [0.1, 0.15) is 43.6 Å². The summed E-state index contributed by atoms with van der Waals surface area (Å²) in [6.07, 6.45) is 3.92. The van der Waals surface area contributed by atoms with Gasteiger partial charge in [-0.3, -0.25) is 4.68 Å². The second kappa shape index (κ2) is 3.73. The molecule has 0 bridgehead atoms. The first-order valence-electron chi connectivity index (χ1n) is 5.52. The molecule has 0 spiro atoms. The van der Waals surface area contributed by atoms with E-state index in [-0.39, 0.29) is 6.04 Å². The van der Waals surface area contributed by atoms with Gasteiger partial charge in [-0.2, -0.15) is 5.10 Å². The molecule has 0 amide bonds. The molecule has 0 saturated heterocycles. The maximum absolute atomic E-state index is 6.23. The van der Waals surface area contributed by atoms with Crippen molar-refractivity contribution in [3.63, 3.8) is 0 Å². The molecule has 0 aliphatic heterocycles. The standard InChI is InChI=1S/C11H19N3/c1-3-14-10(7-8(2)13-14)11(12)9-5-4-6-9/h7,9,11H,3-6,12H2,1-2H3. The third kappa shape index (κ3) is 1.57. The summed E-state index contributed by atoms with van der Waals surface area (Å²) in [6, 6.07) is 2.33. The lowest BCUT2D eigenvalue weighted by atomic mass is 9.79. The monoisotopic (exact) mass is 193 g/mol. The normalized spacial score (nSPS) is 19.4. The molecule has 2 N–H and O–H groups in total. The number of hydrogen-bond donors (Lipinski definition) is 1. The highest BCUT2D eigenvalue weighted by atomic mass is 15.3. The minimum Gasteiger partial charge on any atom is -0.322 e. The molecule has 3 nitrogen and oxygen atoms in total. The summed E-state index contributed by atoms with van der Waals surface area (Å²) in [7, 11) is 0. The van der Waals surface area contributed by atoms with Gasteiger partial charge >= 0.3 is 0 Å². The molecule has 1 aliphatic carbocycles. The molecular formula is C11H19N3. The molecule has 1 saturated carbocycles. The van der Waals surface area contributed by atoms with Crippen molar-refractivity contribution in [3.8, 4) is 0 Å². The largest absolute Gasteiger partial charge is 0.322 e. The van der Waals surface area contributed by atoms with Crippen LogP contribution in [-0.4, -0.2) is 9.78 Å². The molecule has 2 rings (SSSR count). The van der Waals surface area contributed by atoms with Crippen LogP contribution in [0.5, 0.6) is 0 Å². The Morgan fingerprint density at radius 2 is 2.36 bits per heavy atom. The number of hydrogen-bond acceptors (Lipinski definition) is 2. The van der Waals surface area contributed by atoms with Gasteiger partial charge in [-0.05, 0) is 38.7 Å². The highest BCUT2D eigenvalue weighted by Gasteiger charge is 2.27. The van der Waals surface area contributed by atoms with Crippen LogP contribution in [0.25, 0.3) is 0 Å².